The smallest absolute Gasteiger partial charge is 0.0224 e. The molecule has 1 heterocycles. The summed E-state index contributed by atoms with van der Waals surface area (Å²) in [5, 5.41) is 3.50. The second-order valence-electron chi connectivity index (χ2n) is 3.64. The Labute approximate surface area is 70.6 Å². The van der Waals surface area contributed by atoms with Crippen molar-refractivity contribution in [3.05, 3.63) is 0 Å². The van der Waals surface area contributed by atoms with Gasteiger partial charge >= 0.3 is 0 Å². The van der Waals surface area contributed by atoms with Crippen LogP contribution in [0.4, 0.5) is 0 Å². The maximum Gasteiger partial charge on any atom is 0.0224 e. The summed E-state index contributed by atoms with van der Waals surface area (Å²) in [6, 6.07) is 1.76. The third-order valence-corrected chi connectivity index (χ3v) is 2.61. The molecule has 1 aliphatic rings. The Morgan fingerprint density at radius 3 is 2.36 bits per heavy atom. The summed E-state index contributed by atoms with van der Waals surface area (Å²) in [4.78, 5) is 0. The molecule has 0 saturated carbocycles. The zero-order chi connectivity index (χ0) is 8.10. The van der Waals surface area contributed by atoms with Crippen LogP contribution in [0.2, 0.25) is 0 Å². The standard InChI is InChI=1S/C10H21N/c1-3-5-6-7-8-10-9(4-2)11-10/h9-11H,3-8H2,1-2H3. The Morgan fingerprint density at radius 2 is 1.82 bits per heavy atom. The maximum atomic E-state index is 3.50. The van der Waals surface area contributed by atoms with Crippen molar-refractivity contribution in [3.8, 4) is 0 Å². The lowest BCUT2D eigenvalue weighted by molar-refractivity contribution is 0.619. The minimum absolute atomic E-state index is 0.872. The van der Waals surface area contributed by atoms with E-state index in [2.05, 4.69) is 19.2 Å². The van der Waals surface area contributed by atoms with Crippen LogP contribution in [-0.4, -0.2) is 12.1 Å². The molecule has 1 N–H and O–H groups in total. The minimum Gasteiger partial charge on any atom is -0.308 e. The first-order valence-electron chi connectivity index (χ1n) is 5.14. The van der Waals surface area contributed by atoms with E-state index in [-0.39, 0.29) is 0 Å². The molecule has 0 aromatic carbocycles. The molecule has 11 heavy (non-hydrogen) atoms. The number of hydrogen-bond acceptors (Lipinski definition) is 1. The predicted molar refractivity (Wildman–Crippen MR) is 49.8 cm³/mol. The molecule has 0 spiro atoms. The van der Waals surface area contributed by atoms with Crippen LogP contribution in [0, 0.1) is 0 Å². The summed E-state index contributed by atoms with van der Waals surface area (Å²) >= 11 is 0. The molecule has 0 bridgehead atoms. The van der Waals surface area contributed by atoms with Gasteiger partial charge in [-0.25, -0.2) is 0 Å². The molecular formula is C10H21N. The van der Waals surface area contributed by atoms with Crippen molar-refractivity contribution in [1.82, 2.24) is 5.32 Å². The highest BCUT2D eigenvalue weighted by Crippen LogP contribution is 2.20. The van der Waals surface area contributed by atoms with E-state index in [0.717, 1.165) is 12.1 Å². The van der Waals surface area contributed by atoms with Gasteiger partial charge in [-0.15, -0.1) is 0 Å². The molecule has 1 nitrogen and oxygen atoms in total. The summed E-state index contributed by atoms with van der Waals surface area (Å²) < 4.78 is 0. The topological polar surface area (TPSA) is 21.9 Å². The van der Waals surface area contributed by atoms with E-state index in [1.807, 2.05) is 0 Å². The van der Waals surface area contributed by atoms with Gasteiger partial charge in [0.1, 0.15) is 0 Å². The molecule has 2 atom stereocenters. The number of unbranched alkanes of at least 4 members (excludes halogenated alkanes) is 3. The van der Waals surface area contributed by atoms with Gasteiger partial charge in [0.25, 0.3) is 0 Å². The van der Waals surface area contributed by atoms with Crippen LogP contribution in [0.5, 0.6) is 0 Å². The second-order valence-corrected chi connectivity index (χ2v) is 3.64. The number of hydrogen-bond donors (Lipinski definition) is 1. The first kappa shape index (κ1) is 9.05. The lowest BCUT2D eigenvalue weighted by atomic mass is 10.1. The normalized spacial score (nSPS) is 28.9. The van der Waals surface area contributed by atoms with Crippen molar-refractivity contribution in [2.24, 2.45) is 0 Å². The Bertz CT molecular complexity index is 101. The molecule has 0 amide bonds. The first-order valence-corrected chi connectivity index (χ1v) is 5.14. The fourth-order valence-electron chi connectivity index (χ4n) is 1.70. The van der Waals surface area contributed by atoms with Gasteiger partial charge in [0.2, 0.25) is 0 Å². The van der Waals surface area contributed by atoms with Gasteiger partial charge in [0.05, 0.1) is 0 Å². The first-order chi connectivity index (χ1) is 5.38. The van der Waals surface area contributed by atoms with Crippen molar-refractivity contribution >= 4 is 0 Å². The average Bonchev–Trinajstić information content (AvgIpc) is 2.77. The summed E-state index contributed by atoms with van der Waals surface area (Å²) in [6.07, 6.45) is 8.38. The van der Waals surface area contributed by atoms with Crippen molar-refractivity contribution in [1.29, 1.82) is 0 Å². The molecule has 0 aromatic heterocycles. The van der Waals surface area contributed by atoms with E-state index in [1.165, 1.54) is 38.5 Å². The lowest BCUT2D eigenvalue weighted by Gasteiger charge is -1.96. The second kappa shape index (κ2) is 4.76. The molecule has 0 radical (unpaired) electrons. The van der Waals surface area contributed by atoms with Crippen molar-refractivity contribution in [3.63, 3.8) is 0 Å². The Morgan fingerprint density at radius 1 is 1.00 bits per heavy atom. The fraction of sp³-hybridized carbons (Fsp3) is 1.00. The van der Waals surface area contributed by atoms with E-state index < -0.39 is 0 Å². The van der Waals surface area contributed by atoms with Gasteiger partial charge in [-0.3, -0.25) is 0 Å². The quantitative estimate of drug-likeness (QED) is 0.462. The van der Waals surface area contributed by atoms with Gasteiger partial charge in [0.15, 0.2) is 0 Å². The highest BCUT2D eigenvalue weighted by atomic mass is 15.1. The molecule has 1 aliphatic heterocycles. The van der Waals surface area contributed by atoms with Crippen molar-refractivity contribution in [2.45, 2.75) is 64.5 Å². The Hall–Kier alpha value is -0.0400. The van der Waals surface area contributed by atoms with E-state index in [0.29, 0.717) is 0 Å². The van der Waals surface area contributed by atoms with Crippen LogP contribution in [0.3, 0.4) is 0 Å². The van der Waals surface area contributed by atoms with Crippen LogP contribution >= 0.6 is 0 Å². The maximum absolute atomic E-state index is 3.50. The molecular weight excluding hydrogens is 134 g/mol. The molecule has 66 valence electrons. The van der Waals surface area contributed by atoms with Gasteiger partial charge in [-0.2, -0.15) is 0 Å². The average molecular weight is 155 g/mol. The van der Waals surface area contributed by atoms with Crippen LogP contribution in [0.1, 0.15) is 52.4 Å². The highest BCUT2D eigenvalue weighted by molar-refractivity contribution is 4.96. The van der Waals surface area contributed by atoms with Gasteiger partial charge in [-0.1, -0.05) is 39.5 Å². The fourth-order valence-corrected chi connectivity index (χ4v) is 1.70. The summed E-state index contributed by atoms with van der Waals surface area (Å²) in [6.45, 7) is 4.54. The molecule has 1 heteroatoms. The minimum atomic E-state index is 0.872. The Balaban J connectivity index is 1.82. The van der Waals surface area contributed by atoms with E-state index in [1.54, 1.807) is 0 Å². The van der Waals surface area contributed by atoms with Crippen molar-refractivity contribution in [2.75, 3.05) is 0 Å². The van der Waals surface area contributed by atoms with Gasteiger partial charge in [0, 0.05) is 12.1 Å². The summed E-state index contributed by atoms with van der Waals surface area (Å²) in [7, 11) is 0. The molecule has 1 rings (SSSR count). The van der Waals surface area contributed by atoms with Crippen molar-refractivity contribution < 1.29 is 0 Å². The third kappa shape index (κ3) is 3.24. The predicted octanol–water partition coefficient (Wildman–Crippen LogP) is 2.71. The largest absolute Gasteiger partial charge is 0.308 e. The van der Waals surface area contributed by atoms with Gasteiger partial charge in [-0.05, 0) is 12.8 Å². The molecule has 1 saturated heterocycles. The third-order valence-electron chi connectivity index (χ3n) is 2.61. The highest BCUT2D eigenvalue weighted by Gasteiger charge is 2.32. The Kier molecular flexibility index (Phi) is 3.92. The molecule has 0 aliphatic carbocycles. The van der Waals surface area contributed by atoms with E-state index in [4.69, 9.17) is 0 Å². The zero-order valence-electron chi connectivity index (χ0n) is 7.90. The number of rotatable bonds is 6. The van der Waals surface area contributed by atoms with E-state index >= 15 is 0 Å². The van der Waals surface area contributed by atoms with Crippen LogP contribution in [-0.2, 0) is 0 Å². The lowest BCUT2D eigenvalue weighted by Crippen LogP contribution is -1.92. The summed E-state index contributed by atoms with van der Waals surface area (Å²) in [5.41, 5.74) is 0. The molecule has 2 unspecified atom stereocenters. The zero-order valence-corrected chi connectivity index (χ0v) is 7.90. The van der Waals surface area contributed by atoms with Gasteiger partial charge < -0.3 is 5.32 Å². The van der Waals surface area contributed by atoms with E-state index in [9.17, 15) is 0 Å². The molecule has 1 fully saturated rings. The summed E-state index contributed by atoms with van der Waals surface area (Å²) in [5.74, 6) is 0. The molecule has 0 aromatic rings. The SMILES string of the molecule is CCCCCCC1NC1CC. The van der Waals surface area contributed by atoms with Crippen LogP contribution in [0.15, 0.2) is 0 Å². The monoisotopic (exact) mass is 155 g/mol. The van der Waals surface area contributed by atoms with Crippen LogP contribution < -0.4 is 5.32 Å². The number of nitrogens with one attached hydrogen (secondary N) is 1. The van der Waals surface area contributed by atoms with Crippen LogP contribution in [0.25, 0.3) is 0 Å².